The van der Waals surface area contributed by atoms with Crippen molar-refractivity contribution in [1.82, 2.24) is 21.1 Å². The van der Waals surface area contributed by atoms with Crippen molar-refractivity contribution in [2.75, 3.05) is 6.54 Å². The zero-order chi connectivity index (χ0) is 18.8. The van der Waals surface area contributed by atoms with E-state index in [2.05, 4.69) is 16.2 Å². The van der Waals surface area contributed by atoms with Crippen LogP contribution in [-0.4, -0.2) is 47.0 Å². The van der Waals surface area contributed by atoms with Crippen LogP contribution in [0.3, 0.4) is 0 Å². The second-order valence-electron chi connectivity index (χ2n) is 5.67. The summed E-state index contributed by atoms with van der Waals surface area (Å²) >= 11 is 0. The summed E-state index contributed by atoms with van der Waals surface area (Å²) in [4.78, 5) is 58.3. The van der Waals surface area contributed by atoms with Gasteiger partial charge >= 0.3 is 0 Å². The molecule has 9 heteroatoms. The Kier molecular flexibility index (Phi) is 8.31. The Bertz CT molecular complexity index is 555. The van der Waals surface area contributed by atoms with Gasteiger partial charge in [0.2, 0.25) is 11.8 Å². The number of amides is 5. The minimum atomic E-state index is -0.693. The number of imide groups is 1. The molecule has 0 fully saturated rings. The van der Waals surface area contributed by atoms with Crippen molar-refractivity contribution in [2.45, 2.75) is 52.0 Å². The lowest BCUT2D eigenvalue weighted by Gasteiger charge is -2.16. The minimum absolute atomic E-state index is 0.206. The van der Waals surface area contributed by atoms with E-state index in [0.717, 1.165) is 4.90 Å². The van der Waals surface area contributed by atoms with Crippen LogP contribution < -0.4 is 16.2 Å². The van der Waals surface area contributed by atoms with Gasteiger partial charge in [-0.2, -0.15) is 0 Å². The summed E-state index contributed by atoms with van der Waals surface area (Å²) in [5.41, 5.74) is 4.58. The maximum Gasteiger partial charge on any atom is 0.260 e. The molecule has 0 unspecified atom stereocenters. The van der Waals surface area contributed by atoms with Crippen LogP contribution >= 0.6 is 0 Å². The quantitative estimate of drug-likeness (QED) is 0.294. The number of nitrogens with zero attached hydrogens (tertiary/aromatic N) is 1. The second kappa shape index (κ2) is 10.2. The van der Waals surface area contributed by atoms with E-state index in [1.54, 1.807) is 6.92 Å². The average Bonchev–Trinajstić information content (AvgIpc) is 2.88. The van der Waals surface area contributed by atoms with Gasteiger partial charge in [0, 0.05) is 32.0 Å². The molecule has 25 heavy (non-hydrogen) atoms. The highest BCUT2D eigenvalue weighted by Gasteiger charge is 2.22. The van der Waals surface area contributed by atoms with Gasteiger partial charge in [-0.15, -0.1) is 0 Å². The van der Waals surface area contributed by atoms with E-state index in [9.17, 15) is 24.0 Å². The Morgan fingerprint density at radius 1 is 1.04 bits per heavy atom. The van der Waals surface area contributed by atoms with E-state index in [-0.39, 0.29) is 30.0 Å². The standard InChI is InChI=1S/C16H24N4O5/c1-3-12(17-11(2)21)16(25)19-18-13(22)7-5-4-6-10-20-14(23)8-9-15(20)24/h8-9,12H,3-7,10H2,1-2H3,(H,17,21)(H,18,22)(H,19,25)/t12-/m0/s1. The maximum absolute atomic E-state index is 11.8. The average molecular weight is 352 g/mol. The topological polar surface area (TPSA) is 125 Å². The van der Waals surface area contributed by atoms with Gasteiger partial charge in [-0.1, -0.05) is 13.3 Å². The summed E-state index contributed by atoms with van der Waals surface area (Å²) in [6.07, 6.45) is 4.93. The number of unbranched alkanes of at least 4 members (excludes halogenated alkanes) is 2. The van der Waals surface area contributed by atoms with E-state index in [1.807, 2.05) is 0 Å². The van der Waals surface area contributed by atoms with Crippen LogP contribution in [0.25, 0.3) is 0 Å². The number of hydrogen-bond acceptors (Lipinski definition) is 5. The van der Waals surface area contributed by atoms with Crippen molar-refractivity contribution in [3.05, 3.63) is 12.2 Å². The van der Waals surface area contributed by atoms with Crippen LogP contribution in [0.1, 0.15) is 46.0 Å². The molecule has 1 aliphatic rings. The highest BCUT2D eigenvalue weighted by atomic mass is 16.2. The second-order valence-corrected chi connectivity index (χ2v) is 5.67. The van der Waals surface area contributed by atoms with Gasteiger partial charge in [-0.25, -0.2) is 0 Å². The lowest BCUT2D eigenvalue weighted by Crippen LogP contribution is -2.51. The van der Waals surface area contributed by atoms with Crippen molar-refractivity contribution in [1.29, 1.82) is 0 Å². The lowest BCUT2D eigenvalue weighted by molar-refractivity contribution is -0.137. The number of hydrogen-bond donors (Lipinski definition) is 3. The third-order valence-electron chi connectivity index (χ3n) is 3.61. The van der Waals surface area contributed by atoms with Crippen LogP contribution in [0.15, 0.2) is 12.2 Å². The molecule has 0 spiro atoms. The van der Waals surface area contributed by atoms with Crippen molar-refractivity contribution in [3.63, 3.8) is 0 Å². The summed E-state index contributed by atoms with van der Waals surface area (Å²) in [6.45, 7) is 3.39. The van der Waals surface area contributed by atoms with Gasteiger partial charge in [0.25, 0.3) is 17.7 Å². The van der Waals surface area contributed by atoms with E-state index in [0.29, 0.717) is 32.2 Å². The van der Waals surface area contributed by atoms with Gasteiger partial charge in [-0.05, 0) is 19.3 Å². The fourth-order valence-electron chi connectivity index (χ4n) is 2.26. The first-order valence-electron chi connectivity index (χ1n) is 8.24. The number of carbonyl (C=O) groups excluding carboxylic acids is 5. The van der Waals surface area contributed by atoms with Crippen molar-refractivity contribution < 1.29 is 24.0 Å². The first kappa shape index (κ1) is 20.3. The summed E-state index contributed by atoms with van der Waals surface area (Å²) in [5.74, 6) is -1.77. The van der Waals surface area contributed by atoms with Gasteiger partial charge in [-0.3, -0.25) is 39.7 Å². The summed E-state index contributed by atoms with van der Waals surface area (Å²) in [7, 11) is 0. The zero-order valence-electron chi connectivity index (χ0n) is 14.5. The molecule has 1 heterocycles. The predicted octanol–water partition coefficient (Wildman–Crippen LogP) is -0.466. The third kappa shape index (κ3) is 7.15. The fraction of sp³-hybridized carbons (Fsp3) is 0.562. The van der Waals surface area contributed by atoms with Crippen molar-refractivity contribution in [3.8, 4) is 0 Å². The molecule has 138 valence electrons. The van der Waals surface area contributed by atoms with Gasteiger partial charge in [0.1, 0.15) is 6.04 Å². The van der Waals surface area contributed by atoms with E-state index in [4.69, 9.17) is 0 Å². The minimum Gasteiger partial charge on any atom is -0.344 e. The van der Waals surface area contributed by atoms with Gasteiger partial charge in [0.05, 0.1) is 0 Å². The van der Waals surface area contributed by atoms with Gasteiger partial charge in [0.15, 0.2) is 0 Å². The molecule has 0 radical (unpaired) electrons. The normalized spacial score (nSPS) is 14.4. The Morgan fingerprint density at radius 2 is 1.68 bits per heavy atom. The number of hydrazine groups is 1. The number of carbonyl (C=O) groups is 5. The molecule has 0 bridgehead atoms. The van der Waals surface area contributed by atoms with Crippen LogP contribution in [0.5, 0.6) is 0 Å². The van der Waals surface area contributed by atoms with Crippen LogP contribution in [0.2, 0.25) is 0 Å². The summed E-state index contributed by atoms with van der Waals surface area (Å²) < 4.78 is 0. The smallest absolute Gasteiger partial charge is 0.260 e. The van der Waals surface area contributed by atoms with Crippen molar-refractivity contribution >= 4 is 29.5 Å². The molecule has 9 nitrogen and oxygen atoms in total. The molecule has 0 aromatic heterocycles. The number of nitrogens with one attached hydrogen (secondary N) is 3. The largest absolute Gasteiger partial charge is 0.344 e. The summed E-state index contributed by atoms with van der Waals surface area (Å²) in [5, 5.41) is 2.48. The van der Waals surface area contributed by atoms with Crippen LogP contribution in [-0.2, 0) is 24.0 Å². The Morgan fingerprint density at radius 3 is 2.24 bits per heavy atom. The number of rotatable bonds is 9. The van der Waals surface area contributed by atoms with Crippen molar-refractivity contribution in [2.24, 2.45) is 0 Å². The van der Waals surface area contributed by atoms with Crippen LogP contribution in [0.4, 0.5) is 0 Å². The monoisotopic (exact) mass is 352 g/mol. The molecular formula is C16H24N4O5. The molecule has 0 saturated carbocycles. The molecule has 0 aromatic carbocycles. The van der Waals surface area contributed by atoms with E-state index < -0.39 is 11.9 Å². The van der Waals surface area contributed by atoms with E-state index in [1.165, 1.54) is 19.1 Å². The van der Waals surface area contributed by atoms with E-state index >= 15 is 0 Å². The molecule has 3 N–H and O–H groups in total. The molecule has 0 aromatic rings. The predicted molar refractivity (Wildman–Crippen MR) is 88.5 cm³/mol. The first-order valence-corrected chi connectivity index (χ1v) is 8.24. The van der Waals surface area contributed by atoms with Gasteiger partial charge < -0.3 is 5.32 Å². The molecule has 1 aliphatic heterocycles. The fourth-order valence-corrected chi connectivity index (χ4v) is 2.26. The SMILES string of the molecule is CC[C@H](NC(C)=O)C(=O)NNC(=O)CCCCCN1C(=O)C=CC1=O. The molecule has 0 aliphatic carbocycles. The highest BCUT2D eigenvalue weighted by molar-refractivity contribution is 6.12. The lowest BCUT2D eigenvalue weighted by atomic mass is 10.2. The Balaban J connectivity index is 2.14. The Hall–Kier alpha value is -2.71. The molecule has 5 amide bonds. The molecule has 1 atom stereocenters. The van der Waals surface area contributed by atoms with Crippen LogP contribution in [0, 0.1) is 0 Å². The summed E-state index contributed by atoms with van der Waals surface area (Å²) in [6, 6.07) is -0.693. The zero-order valence-corrected chi connectivity index (χ0v) is 14.5. The molecule has 0 saturated heterocycles. The highest BCUT2D eigenvalue weighted by Crippen LogP contribution is 2.07. The third-order valence-corrected chi connectivity index (χ3v) is 3.61. The first-order chi connectivity index (χ1) is 11.8. The molecule has 1 rings (SSSR count). The Labute approximate surface area is 146 Å². The molecular weight excluding hydrogens is 328 g/mol. The maximum atomic E-state index is 11.8.